The van der Waals surface area contributed by atoms with Gasteiger partial charge in [0.2, 0.25) is 0 Å². The standard InChI is InChI=1S/C29H37FN4O5S/c1-7-33-25(14-15-31-33)34(40(5,6)39)29-19(4)27(20-8-10-21(30)11-9-20)24(28(32-29)18(2)3)13-12-22(35)16-23(36)17-26(37)38/h8-15,18,22-23,35-36H,5,7,16-17H2,1-4,6H3,(H,37,38)/b13-12+/t22-,23-,40?/m1/s1. The number of carbonyl (C=O) groups is 1. The van der Waals surface area contributed by atoms with E-state index >= 15 is 0 Å². The molecule has 0 bridgehead atoms. The minimum atomic E-state index is -2.89. The molecule has 2 heterocycles. The quantitative estimate of drug-likeness (QED) is 0.272. The lowest BCUT2D eigenvalue weighted by atomic mass is 9.90. The lowest BCUT2D eigenvalue weighted by Gasteiger charge is -2.30. The molecule has 0 radical (unpaired) electrons. The van der Waals surface area contributed by atoms with Crippen molar-refractivity contribution in [2.75, 3.05) is 10.6 Å². The third-order valence-electron chi connectivity index (χ3n) is 6.35. The van der Waals surface area contributed by atoms with Crippen molar-refractivity contribution in [1.82, 2.24) is 14.8 Å². The highest BCUT2D eigenvalue weighted by molar-refractivity contribution is 8.01. The highest BCUT2D eigenvalue weighted by Gasteiger charge is 2.28. The molecule has 11 heteroatoms. The molecule has 3 rings (SSSR count). The van der Waals surface area contributed by atoms with Crippen LogP contribution in [0.1, 0.15) is 56.4 Å². The Labute approximate surface area is 234 Å². The van der Waals surface area contributed by atoms with Crippen LogP contribution in [0.2, 0.25) is 0 Å². The molecule has 0 amide bonds. The van der Waals surface area contributed by atoms with Gasteiger partial charge in [-0.3, -0.25) is 4.79 Å². The van der Waals surface area contributed by atoms with Gasteiger partial charge in [0.15, 0.2) is 0 Å². The summed E-state index contributed by atoms with van der Waals surface area (Å²) in [5.74, 6) is 3.24. The maximum atomic E-state index is 13.9. The average molecular weight is 573 g/mol. The maximum absolute atomic E-state index is 13.9. The van der Waals surface area contributed by atoms with Gasteiger partial charge in [-0.1, -0.05) is 38.1 Å². The molecule has 3 atom stereocenters. The summed E-state index contributed by atoms with van der Waals surface area (Å²) >= 11 is 0. The average Bonchev–Trinajstić information content (AvgIpc) is 3.31. The molecule has 0 saturated heterocycles. The second-order valence-corrected chi connectivity index (χ2v) is 12.4. The Morgan fingerprint density at radius 1 is 1.23 bits per heavy atom. The molecule has 3 N–H and O–H groups in total. The van der Waals surface area contributed by atoms with E-state index in [1.807, 2.05) is 27.7 Å². The van der Waals surface area contributed by atoms with Gasteiger partial charge in [-0.15, -0.1) is 0 Å². The minimum Gasteiger partial charge on any atom is -0.481 e. The van der Waals surface area contributed by atoms with Crippen LogP contribution in [-0.4, -0.2) is 64.6 Å². The molecule has 2 aromatic heterocycles. The van der Waals surface area contributed by atoms with E-state index < -0.39 is 40.1 Å². The molecule has 9 nitrogen and oxygen atoms in total. The number of hydrogen-bond donors (Lipinski definition) is 3. The van der Waals surface area contributed by atoms with E-state index in [2.05, 4.69) is 11.0 Å². The fourth-order valence-corrected chi connectivity index (χ4v) is 5.67. The predicted octanol–water partition coefficient (Wildman–Crippen LogP) is 4.54. The molecule has 0 aliphatic carbocycles. The van der Waals surface area contributed by atoms with Crippen molar-refractivity contribution in [1.29, 1.82) is 0 Å². The molecule has 0 saturated carbocycles. The molecule has 40 heavy (non-hydrogen) atoms. The molecule has 0 aliphatic rings. The van der Waals surface area contributed by atoms with Crippen LogP contribution < -0.4 is 4.31 Å². The molecule has 0 aliphatic heterocycles. The summed E-state index contributed by atoms with van der Waals surface area (Å²) in [4.78, 5) is 15.9. The zero-order chi connectivity index (χ0) is 29.8. The number of aliphatic hydroxyl groups is 2. The lowest BCUT2D eigenvalue weighted by molar-refractivity contribution is -0.139. The zero-order valence-corrected chi connectivity index (χ0v) is 24.2. The van der Waals surface area contributed by atoms with Gasteiger partial charge < -0.3 is 15.3 Å². The van der Waals surface area contributed by atoms with E-state index in [0.29, 0.717) is 46.1 Å². The number of hydrogen-bond acceptors (Lipinski definition) is 6. The number of aromatic nitrogens is 3. The number of aliphatic carboxylic acids is 1. The molecular formula is C29H37FN4O5S. The number of aryl methyl sites for hydroxylation is 1. The molecule has 0 fully saturated rings. The summed E-state index contributed by atoms with van der Waals surface area (Å²) in [6.07, 6.45) is 3.33. The Hall–Kier alpha value is -3.54. The van der Waals surface area contributed by atoms with E-state index in [-0.39, 0.29) is 12.3 Å². The number of pyridine rings is 1. The SMILES string of the molecule is C=S(C)(=O)N(c1nc(C(C)C)c(/C=C/[C@@H](O)C[C@@H](O)CC(=O)O)c(-c2ccc(F)cc2)c1C)c1ccnn1CC. The van der Waals surface area contributed by atoms with Crippen molar-refractivity contribution in [3.05, 3.63) is 65.2 Å². The molecular weight excluding hydrogens is 535 g/mol. The van der Waals surface area contributed by atoms with Gasteiger partial charge in [-0.2, -0.15) is 5.10 Å². The first-order valence-corrected chi connectivity index (χ1v) is 15.0. The topological polar surface area (TPSA) is 129 Å². The van der Waals surface area contributed by atoms with Crippen LogP contribution >= 0.6 is 0 Å². The van der Waals surface area contributed by atoms with Crippen molar-refractivity contribution in [3.63, 3.8) is 0 Å². The first-order valence-electron chi connectivity index (χ1n) is 12.9. The first kappa shape index (κ1) is 31.0. The van der Waals surface area contributed by atoms with Crippen molar-refractivity contribution < 1.29 is 28.7 Å². The van der Waals surface area contributed by atoms with Crippen LogP contribution in [0.4, 0.5) is 16.0 Å². The Morgan fingerprint density at radius 3 is 2.42 bits per heavy atom. The van der Waals surface area contributed by atoms with E-state index in [9.17, 15) is 23.6 Å². The minimum absolute atomic E-state index is 0.122. The summed E-state index contributed by atoms with van der Waals surface area (Å²) < 4.78 is 30.8. The summed E-state index contributed by atoms with van der Waals surface area (Å²) in [5, 5.41) is 33.8. The largest absolute Gasteiger partial charge is 0.481 e. The van der Waals surface area contributed by atoms with Gasteiger partial charge in [0.05, 0.1) is 40.2 Å². The Balaban J connectivity index is 2.30. The molecule has 3 aromatic rings. The third-order valence-corrected chi connectivity index (χ3v) is 7.48. The van der Waals surface area contributed by atoms with Gasteiger partial charge in [-0.25, -0.2) is 22.6 Å². The second-order valence-electron chi connectivity index (χ2n) is 10.1. The summed E-state index contributed by atoms with van der Waals surface area (Å²) in [5.41, 5.74) is 3.31. The number of anilines is 2. The summed E-state index contributed by atoms with van der Waals surface area (Å²) in [6, 6.07) is 7.73. The Kier molecular flexibility index (Phi) is 9.88. The summed E-state index contributed by atoms with van der Waals surface area (Å²) in [6.45, 7) is 8.19. The highest BCUT2D eigenvalue weighted by atomic mass is 32.2. The van der Waals surface area contributed by atoms with Crippen LogP contribution in [0.5, 0.6) is 0 Å². The molecule has 1 unspecified atom stereocenters. The van der Waals surface area contributed by atoms with Gasteiger partial charge in [0, 0.05) is 36.4 Å². The third kappa shape index (κ3) is 7.15. The number of rotatable bonds is 12. The Bertz CT molecular complexity index is 1480. The van der Waals surface area contributed by atoms with Crippen molar-refractivity contribution >= 4 is 39.3 Å². The van der Waals surface area contributed by atoms with Crippen molar-refractivity contribution in [2.24, 2.45) is 0 Å². The number of halogens is 1. The second kappa shape index (κ2) is 12.8. The van der Waals surface area contributed by atoms with Crippen LogP contribution in [-0.2, 0) is 21.0 Å². The lowest BCUT2D eigenvalue weighted by Crippen LogP contribution is -2.29. The van der Waals surface area contributed by atoms with Crippen molar-refractivity contribution in [2.45, 2.75) is 65.2 Å². The molecule has 216 valence electrons. The van der Waals surface area contributed by atoms with Crippen LogP contribution in [0, 0.1) is 12.7 Å². The zero-order valence-electron chi connectivity index (χ0n) is 23.4. The van der Waals surface area contributed by atoms with Gasteiger partial charge in [0.1, 0.15) is 17.5 Å². The number of carboxylic acids is 1. The predicted molar refractivity (Wildman–Crippen MR) is 158 cm³/mol. The Morgan fingerprint density at radius 2 is 1.88 bits per heavy atom. The van der Waals surface area contributed by atoms with E-state index in [1.165, 1.54) is 24.5 Å². The van der Waals surface area contributed by atoms with E-state index in [0.717, 1.165) is 0 Å². The number of carboxylic acid groups (broad SMARTS) is 1. The first-order chi connectivity index (χ1) is 18.7. The number of aliphatic hydroxyl groups excluding tert-OH is 2. The van der Waals surface area contributed by atoms with Gasteiger partial charge in [0.25, 0.3) is 0 Å². The van der Waals surface area contributed by atoms with Crippen LogP contribution in [0.25, 0.3) is 17.2 Å². The van der Waals surface area contributed by atoms with E-state index in [4.69, 9.17) is 10.1 Å². The molecule has 0 spiro atoms. The normalized spacial score (nSPS) is 14.8. The fraction of sp³-hybridized carbons (Fsp3) is 0.379. The maximum Gasteiger partial charge on any atom is 0.305 e. The number of benzene rings is 1. The monoisotopic (exact) mass is 572 g/mol. The molecule has 1 aromatic carbocycles. The van der Waals surface area contributed by atoms with Gasteiger partial charge in [-0.05, 0) is 48.9 Å². The van der Waals surface area contributed by atoms with E-state index in [1.54, 1.807) is 39.5 Å². The number of nitrogens with zero attached hydrogens (tertiary/aromatic N) is 4. The van der Waals surface area contributed by atoms with Crippen molar-refractivity contribution in [3.8, 4) is 11.1 Å². The van der Waals surface area contributed by atoms with Crippen LogP contribution in [0.3, 0.4) is 0 Å². The smallest absolute Gasteiger partial charge is 0.305 e. The van der Waals surface area contributed by atoms with Gasteiger partial charge >= 0.3 is 5.97 Å². The summed E-state index contributed by atoms with van der Waals surface area (Å²) in [7, 11) is -2.89. The fourth-order valence-electron chi connectivity index (χ4n) is 4.58. The highest BCUT2D eigenvalue weighted by Crippen LogP contribution is 2.40. The van der Waals surface area contributed by atoms with Crippen LogP contribution in [0.15, 0.2) is 42.6 Å².